The van der Waals surface area contributed by atoms with Gasteiger partial charge in [0.05, 0.1) is 143 Å². The summed E-state index contributed by atoms with van der Waals surface area (Å²) in [4.78, 5) is 13.3. The van der Waals surface area contributed by atoms with Gasteiger partial charge in [-0.15, -0.1) is 0 Å². The van der Waals surface area contributed by atoms with Crippen molar-refractivity contribution in [1.82, 2.24) is 28.2 Å². The molecular formula is C75H38N10S. The van der Waals surface area contributed by atoms with Crippen molar-refractivity contribution >= 4 is 99.0 Å². The summed E-state index contributed by atoms with van der Waals surface area (Å²) >= 11 is 1.76. The number of hydrogen-bond donors (Lipinski definition) is 0. The third-order valence-electron chi connectivity index (χ3n) is 18.0. The molecule has 7 heterocycles. The van der Waals surface area contributed by atoms with Crippen molar-refractivity contribution < 1.29 is 0 Å². The SMILES string of the molecule is N#Cc1ccc2c(c1)c1ccccc1n2-c1cnc2c(c1)C1(c3cc(-n4c5ccccc5c5cc(C#N)ccc54)cnc3-2)c2cccc(-n3c4ccccc4c4cc(C#N)ccc43)c2Sc2c(-n3c4ccccc4c4cc(C#N)ccc43)cccc21. The van der Waals surface area contributed by atoms with E-state index >= 15 is 0 Å². The van der Waals surface area contributed by atoms with Crippen molar-refractivity contribution in [3.63, 3.8) is 0 Å². The quantitative estimate of drug-likeness (QED) is 0.171. The van der Waals surface area contributed by atoms with E-state index in [1.54, 1.807) is 11.8 Å². The lowest BCUT2D eigenvalue weighted by molar-refractivity contribution is 0.713. The summed E-state index contributed by atoms with van der Waals surface area (Å²) < 4.78 is 9.28. The van der Waals surface area contributed by atoms with E-state index < -0.39 is 5.41 Å². The van der Waals surface area contributed by atoms with Crippen LogP contribution in [0.5, 0.6) is 0 Å². The highest BCUT2D eigenvalue weighted by Crippen LogP contribution is 2.64. The molecule has 10 nitrogen and oxygen atoms in total. The number of nitrogens with zero attached hydrogens (tertiary/aromatic N) is 10. The van der Waals surface area contributed by atoms with Crippen molar-refractivity contribution in [2.75, 3.05) is 0 Å². The summed E-state index contributed by atoms with van der Waals surface area (Å²) in [5.41, 5.74) is 18.2. The van der Waals surface area contributed by atoms with E-state index in [0.29, 0.717) is 22.3 Å². The van der Waals surface area contributed by atoms with Crippen LogP contribution in [-0.2, 0) is 5.41 Å². The molecule has 6 aromatic heterocycles. The van der Waals surface area contributed by atoms with Crippen molar-refractivity contribution in [2.24, 2.45) is 0 Å². The minimum Gasteiger partial charge on any atom is -0.308 e. The van der Waals surface area contributed by atoms with Crippen molar-refractivity contribution in [3.05, 3.63) is 275 Å². The Labute approximate surface area is 494 Å². The number of hydrogen-bond acceptors (Lipinski definition) is 7. The van der Waals surface area contributed by atoms with E-state index in [4.69, 9.17) is 9.97 Å². The van der Waals surface area contributed by atoms with Gasteiger partial charge in [-0.2, -0.15) is 21.0 Å². The average molecular weight is 1110 g/mol. The van der Waals surface area contributed by atoms with Crippen molar-refractivity contribution in [1.29, 1.82) is 21.0 Å². The third-order valence-corrected chi connectivity index (χ3v) is 19.3. The first kappa shape index (κ1) is 47.6. The largest absolute Gasteiger partial charge is 0.308 e. The molecule has 0 amide bonds. The van der Waals surface area contributed by atoms with Crippen molar-refractivity contribution in [2.45, 2.75) is 15.2 Å². The molecule has 10 aromatic carbocycles. The van der Waals surface area contributed by atoms with Gasteiger partial charge in [0, 0.05) is 64.0 Å². The van der Waals surface area contributed by atoms with E-state index in [0.717, 1.165) is 153 Å². The normalized spacial score (nSPS) is 12.9. The third kappa shape index (κ3) is 6.20. The Morgan fingerprint density at radius 3 is 0.965 bits per heavy atom. The van der Waals surface area contributed by atoms with Crippen LogP contribution < -0.4 is 0 Å². The second kappa shape index (κ2) is 17.5. The van der Waals surface area contributed by atoms with Gasteiger partial charge in [0.25, 0.3) is 0 Å². The minimum atomic E-state index is -1.11. The van der Waals surface area contributed by atoms with Gasteiger partial charge in [-0.25, -0.2) is 0 Å². The maximum Gasteiger partial charge on any atom is 0.0991 e. The topological polar surface area (TPSA) is 141 Å². The Morgan fingerprint density at radius 1 is 0.302 bits per heavy atom. The van der Waals surface area contributed by atoms with Gasteiger partial charge >= 0.3 is 0 Å². The smallest absolute Gasteiger partial charge is 0.0991 e. The first-order chi connectivity index (χ1) is 42.5. The van der Waals surface area contributed by atoms with Crippen LogP contribution >= 0.6 is 11.8 Å². The summed E-state index contributed by atoms with van der Waals surface area (Å²) in [6, 6.07) is 85.0. The molecule has 0 bridgehead atoms. The number of rotatable bonds is 4. The Hall–Kier alpha value is -12.0. The van der Waals surface area contributed by atoms with Crippen LogP contribution in [0.3, 0.4) is 0 Å². The molecule has 0 saturated carbocycles. The zero-order valence-electron chi connectivity index (χ0n) is 45.3. The molecule has 16 aromatic rings. The van der Waals surface area contributed by atoms with Crippen LogP contribution in [0.15, 0.2) is 241 Å². The fourth-order valence-corrected chi connectivity index (χ4v) is 15.9. The number of para-hydroxylation sites is 4. The van der Waals surface area contributed by atoms with Crippen LogP contribution in [0, 0.1) is 45.3 Å². The molecule has 0 atom stereocenters. The average Bonchev–Trinajstić information content (AvgIpc) is 1.49. The lowest BCUT2D eigenvalue weighted by Gasteiger charge is -2.41. The number of nitriles is 4. The van der Waals surface area contributed by atoms with Crippen LogP contribution in [-0.4, -0.2) is 28.2 Å². The highest BCUT2D eigenvalue weighted by molar-refractivity contribution is 7.99. The summed E-state index contributed by atoms with van der Waals surface area (Å²) in [7, 11) is 0. The number of benzene rings is 10. The van der Waals surface area contributed by atoms with Crippen molar-refractivity contribution in [3.8, 4) is 58.4 Å². The standard InChI is InChI=1S/C75H38N10S/c76-37-43-23-27-65-53(31-43)49-11-1-5-17-61(49)82(65)47-35-59-71(80-41-47)72-60(36-48(42-81-72)83-62-18-6-2-12-50(62)54-32-44(38-77)24-28-66(54)83)75(59)57-15-9-21-69(84-63-19-7-3-13-51(63)55-33-45(39-78)25-29-67(55)84)73(57)86-74-58(75)16-10-22-70(74)85-64-20-8-4-14-52(64)56-34-46(40-79)26-30-68(56)85/h1-36,41-42H. The summed E-state index contributed by atoms with van der Waals surface area (Å²) in [6.45, 7) is 0. The van der Waals surface area contributed by atoms with Gasteiger partial charge in [0.1, 0.15) is 0 Å². The van der Waals surface area contributed by atoms with Crippen LogP contribution in [0.4, 0.5) is 0 Å². The molecule has 1 aliphatic carbocycles. The molecule has 0 fully saturated rings. The molecule has 1 aliphatic heterocycles. The Bertz CT molecular complexity index is 5600. The van der Waals surface area contributed by atoms with E-state index in [-0.39, 0.29) is 0 Å². The molecule has 394 valence electrons. The molecule has 18 rings (SSSR count). The zero-order valence-corrected chi connectivity index (χ0v) is 46.1. The summed E-state index contributed by atoms with van der Waals surface area (Å²) in [6.07, 6.45) is 3.93. The zero-order chi connectivity index (χ0) is 57.1. The Balaban J connectivity index is 1.02. The fourth-order valence-electron chi connectivity index (χ4n) is 14.5. The number of aromatic nitrogens is 6. The predicted molar refractivity (Wildman–Crippen MR) is 340 cm³/mol. The lowest BCUT2D eigenvalue weighted by Crippen LogP contribution is -2.33. The van der Waals surface area contributed by atoms with Gasteiger partial charge in [-0.3, -0.25) is 9.97 Å². The number of fused-ring (bicyclic) bond motifs is 21. The molecule has 0 unspecified atom stereocenters. The van der Waals surface area contributed by atoms with Gasteiger partial charge in [-0.05, 0) is 132 Å². The molecule has 0 N–H and O–H groups in total. The predicted octanol–water partition coefficient (Wildman–Crippen LogP) is 17.2. The molecule has 0 saturated heterocycles. The highest BCUT2D eigenvalue weighted by atomic mass is 32.2. The second-order valence-corrected chi connectivity index (χ2v) is 23.1. The minimum absolute atomic E-state index is 0.583. The van der Waals surface area contributed by atoms with Gasteiger partial charge < -0.3 is 18.3 Å². The molecule has 0 radical (unpaired) electrons. The van der Waals surface area contributed by atoms with E-state index in [9.17, 15) is 21.0 Å². The van der Waals surface area contributed by atoms with Gasteiger partial charge in [0.2, 0.25) is 0 Å². The van der Waals surface area contributed by atoms with Crippen LogP contribution in [0.1, 0.15) is 44.5 Å². The number of pyridine rings is 2. The lowest BCUT2D eigenvalue weighted by atomic mass is 9.67. The van der Waals surface area contributed by atoms with E-state index in [1.165, 1.54) is 0 Å². The van der Waals surface area contributed by atoms with E-state index in [2.05, 4.69) is 188 Å². The van der Waals surface area contributed by atoms with Crippen LogP contribution in [0.2, 0.25) is 0 Å². The van der Waals surface area contributed by atoms with Gasteiger partial charge in [-0.1, -0.05) is 109 Å². The first-order valence-electron chi connectivity index (χ1n) is 28.2. The molecule has 1 spiro atoms. The highest BCUT2D eigenvalue weighted by Gasteiger charge is 2.53. The molecule has 11 heteroatoms. The van der Waals surface area contributed by atoms with E-state index in [1.807, 2.05) is 85.2 Å². The maximum absolute atomic E-state index is 10.3. The fraction of sp³-hybridized carbons (Fsp3) is 0.0133. The first-order valence-corrected chi connectivity index (χ1v) is 29.0. The Kier molecular flexibility index (Phi) is 9.70. The van der Waals surface area contributed by atoms with Crippen LogP contribution in [0.25, 0.3) is 121 Å². The van der Waals surface area contributed by atoms with Gasteiger partial charge in [0.15, 0.2) is 0 Å². The molecule has 2 aliphatic rings. The summed E-state index contributed by atoms with van der Waals surface area (Å²) in [5.74, 6) is 0. The molecular weight excluding hydrogens is 1070 g/mol. The molecule has 86 heavy (non-hydrogen) atoms. The second-order valence-electron chi connectivity index (χ2n) is 22.1. The summed E-state index contributed by atoms with van der Waals surface area (Å²) in [5, 5.41) is 49.0. The maximum atomic E-state index is 10.3. The monoisotopic (exact) mass is 1110 g/mol. The Morgan fingerprint density at radius 2 is 0.616 bits per heavy atom.